The quantitative estimate of drug-likeness (QED) is 0.481. The number of rotatable bonds is 7. The predicted octanol–water partition coefficient (Wildman–Crippen LogP) is 2.90. The van der Waals surface area contributed by atoms with E-state index in [0.29, 0.717) is 56.8 Å². The van der Waals surface area contributed by atoms with Crippen LogP contribution in [-0.2, 0) is 16.0 Å². The van der Waals surface area contributed by atoms with Gasteiger partial charge in [-0.3, -0.25) is 19.4 Å². The molecule has 12 heteroatoms. The molecule has 2 amide bonds. The number of hydrogen-bond donors (Lipinski definition) is 1. The van der Waals surface area contributed by atoms with Crippen molar-refractivity contribution in [2.45, 2.75) is 64.3 Å². The van der Waals surface area contributed by atoms with Gasteiger partial charge in [-0.25, -0.2) is 14.2 Å². The smallest absolute Gasteiger partial charge is 0.407 e. The topological polar surface area (TPSA) is 116 Å². The van der Waals surface area contributed by atoms with Gasteiger partial charge in [-0.1, -0.05) is 12.1 Å². The number of amides is 2. The lowest BCUT2D eigenvalue weighted by molar-refractivity contribution is -0.122. The zero-order chi connectivity index (χ0) is 30.8. The monoisotopic (exact) mass is 597 g/mol. The summed E-state index contributed by atoms with van der Waals surface area (Å²) in [7, 11) is 0. The number of pyridine rings is 1. The zero-order valence-electron chi connectivity index (χ0n) is 25.1. The first-order chi connectivity index (χ1) is 20.5. The van der Waals surface area contributed by atoms with Gasteiger partial charge in [0.05, 0.1) is 25.8 Å². The highest BCUT2D eigenvalue weighted by Gasteiger charge is 2.40. The Morgan fingerprint density at radius 1 is 1.02 bits per heavy atom. The molecular formula is C31H40FN5O6. The van der Waals surface area contributed by atoms with E-state index >= 15 is 0 Å². The van der Waals surface area contributed by atoms with Crippen molar-refractivity contribution in [2.24, 2.45) is 0 Å². The molecule has 2 fully saturated rings. The molecule has 1 N–H and O–H groups in total. The zero-order valence-corrected chi connectivity index (χ0v) is 25.1. The van der Waals surface area contributed by atoms with Gasteiger partial charge in [0.25, 0.3) is 0 Å². The predicted molar refractivity (Wildman–Crippen MR) is 157 cm³/mol. The summed E-state index contributed by atoms with van der Waals surface area (Å²) in [6.45, 7) is 10.8. The van der Waals surface area contributed by atoms with Crippen molar-refractivity contribution in [1.82, 2.24) is 19.7 Å². The van der Waals surface area contributed by atoms with E-state index in [1.807, 2.05) is 13.8 Å². The number of nitrogens with zero attached hydrogens (tertiary/aromatic N) is 5. The van der Waals surface area contributed by atoms with Crippen LogP contribution < -0.4 is 9.64 Å². The first kappa shape index (κ1) is 30.8. The standard InChI is InChI=1S/C31H40FN5O6/c1-19-11-34(26(13-36(19)31(40)41)12-35-20(2)16-42-17-21(35)3)14-29(39)37-22(4)18-43-30-28(37)10-24(27(15-38)33-30)9-23-5-7-25(32)8-6-23/h5-8,10,15,19-22,26H,9,11-14,16-18H2,1-4H3,(H,40,41)/t19-,20-,21-,22+,26+/m1/s1. The number of benzene rings is 1. The summed E-state index contributed by atoms with van der Waals surface area (Å²) < 4.78 is 25.0. The molecule has 0 bridgehead atoms. The van der Waals surface area contributed by atoms with Crippen LogP contribution in [0.2, 0.25) is 0 Å². The van der Waals surface area contributed by atoms with E-state index in [-0.39, 0.29) is 66.7 Å². The largest absolute Gasteiger partial charge is 0.474 e. The summed E-state index contributed by atoms with van der Waals surface area (Å²) in [5, 5.41) is 9.87. The summed E-state index contributed by atoms with van der Waals surface area (Å²) in [6, 6.07) is 7.37. The van der Waals surface area contributed by atoms with Crippen molar-refractivity contribution in [3.63, 3.8) is 0 Å². The molecule has 0 unspecified atom stereocenters. The summed E-state index contributed by atoms with van der Waals surface area (Å²) >= 11 is 0. The van der Waals surface area contributed by atoms with Gasteiger partial charge in [-0.05, 0) is 63.4 Å². The molecule has 0 aliphatic carbocycles. The molecule has 5 atom stereocenters. The van der Waals surface area contributed by atoms with Gasteiger partial charge in [-0.2, -0.15) is 0 Å². The molecular weight excluding hydrogens is 557 g/mol. The van der Waals surface area contributed by atoms with Gasteiger partial charge < -0.3 is 24.4 Å². The normalized spacial score (nSPS) is 26.5. The maximum atomic E-state index is 14.1. The van der Waals surface area contributed by atoms with E-state index in [2.05, 4.69) is 28.6 Å². The second-order valence-corrected chi connectivity index (χ2v) is 12.0. The van der Waals surface area contributed by atoms with Crippen LogP contribution in [-0.4, -0.2) is 119 Å². The van der Waals surface area contributed by atoms with Gasteiger partial charge in [0.2, 0.25) is 11.8 Å². The summed E-state index contributed by atoms with van der Waals surface area (Å²) in [4.78, 5) is 50.1. The van der Waals surface area contributed by atoms with Crippen molar-refractivity contribution in [2.75, 3.05) is 50.9 Å². The van der Waals surface area contributed by atoms with Crippen LogP contribution in [0.15, 0.2) is 30.3 Å². The van der Waals surface area contributed by atoms with Crippen LogP contribution in [0, 0.1) is 5.82 Å². The van der Waals surface area contributed by atoms with Crippen molar-refractivity contribution in [1.29, 1.82) is 0 Å². The molecule has 43 heavy (non-hydrogen) atoms. The van der Waals surface area contributed by atoms with Crippen LogP contribution in [0.1, 0.15) is 49.3 Å². The Morgan fingerprint density at radius 3 is 2.37 bits per heavy atom. The average molecular weight is 598 g/mol. The number of piperazine rings is 1. The van der Waals surface area contributed by atoms with Crippen molar-refractivity contribution in [3.05, 3.63) is 53.0 Å². The maximum Gasteiger partial charge on any atom is 0.407 e. The molecule has 11 nitrogen and oxygen atoms in total. The van der Waals surface area contributed by atoms with E-state index in [4.69, 9.17) is 9.47 Å². The number of carbonyl (C=O) groups excluding carboxylic acids is 2. The number of aldehydes is 1. The maximum absolute atomic E-state index is 14.1. The molecule has 3 aliphatic rings. The fraction of sp³-hybridized carbons (Fsp3) is 0.548. The third kappa shape index (κ3) is 6.66. The summed E-state index contributed by atoms with van der Waals surface area (Å²) in [6.07, 6.45) is 0.0272. The number of halogens is 1. The van der Waals surface area contributed by atoms with Gasteiger partial charge in [0.1, 0.15) is 23.8 Å². The average Bonchev–Trinajstić information content (AvgIpc) is 2.96. The van der Waals surface area contributed by atoms with Crippen LogP contribution in [0.4, 0.5) is 14.9 Å². The van der Waals surface area contributed by atoms with E-state index in [1.165, 1.54) is 17.0 Å². The Hall–Kier alpha value is -3.61. The number of aromatic nitrogens is 1. The number of hydrogen-bond acceptors (Lipinski definition) is 8. The Kier molecular flexibility index (Phi) is 9.28. The van der Waals surface area contributed by atoms with E-state index < -0.39 is 6.09 Å². The molecule has 3 aliphatic heterocycles. The van der Waals surface area contributed by atoms with Gasteiger partial charge in [-0.15, -0.1) is 0 Å². The highest BCUT2D eigenvalue weighted by atomic mass is 19.1. The van der Waals surface area contributed by atoms with Gasteiger partial charge in [0, 0.05) is 43.8 Å². The van der Waals surface area contributed by atoms with Crippen LogP contribution in [0.25, 0.3) is 0 Å². The molecule has 4 heterocycles. The molecule has 232 valence electrons. The summed E-state index contributed by atoms with van der Waals surface area (Å²) in [5.74, 6) is -0.293. The Bertz CT molecular complexity index is 1330. The molecule has 2 saturated heterocycles. The number of ether oxygens (including phenoxy) is 2. The molecule has 2 aromatic rings. The fourth-order valence-corrected chi connectivity index (χ4v) is 6.41. The van der Waals surface area contributed by atoms with E-state index in [1.54, 1.807) is 23.1 Å². The minimum absolute atomic E-state index is 0.0854. The third-order valence-electron chi connectivity index (χ3n) is 8.74. The van der Waals surface area contributed by atoms with Crippen LogP contribution >= 0.6 is 0 Å². The molecule has 1 aromatic carbocycles. The highest BCUT2D eigenvalue weighted by molar-refractivity contribution is 5.97. The second kappa shape index (κ2) is 12.9. The van der Waals surface area contributed by atoms with Crippen molar-refractivity contribution < 1.29 is 33.4 Å². The second-order valence-electron chi connectivity index (χ2n) is 12.0. The van der Waals surface area contributed by atoms with Crippen LogP contribution in [0.3, 0.4) is 0 Å². The van der Waals surface area contributed by atoms with Gasteiger partial charge >= 0.3 is 6.09 Å². The molecule has 0 spiro atoms. The van der Waals surface area contributed by atoms with Crippen molar-refractivity contribution in [3.8, 4) is 5.88 Å². The Morgan fingerprint density at radius 2 is 1.72 bits per heavy atom. The molecule has 1 aromatic heterocycles. The third-order valence-corrected chi connectivity index (χ3v) is 8.74. The molecule has 0 radical (unpaired) electrons. The first-order valence-corrected chi connectivity index (χ1v) is 14.8. The lowest BCUT2D eigenvalue weighted by atomic mass is 10.0. The Labute approximate surface area is 251 Å². The lowest BCUT2D eigenvalue weighted by Gasteiger charge is -2.48. The summed E-state index contributed by atoms with van der Waals surface area (Å²) in [5.41, 5.74) is 2.09. The molecule has 5 rings (SSSR count). The van der Waals surface area contributed by atoms with E-state index in [9.17, 15) is 23.9 Å². The number of carbonyl (C=O) groups is 3. The lowest BCUT2D eigenvalue weighted by Crippen LogP contribution is -2.65. The minimum atomic E-state index is -0.965. The minimum Gasteiger partial charge on any atom is -0.474 e. The van der Waals surface area contributed by atoms with Gasteiger partial charge in [0.15, 0.2) is 6.29 Å². The fourth-order valence-electron chi connectivity index (χ4n) is 6.41. The number of fused-ring (bicyclic) bond motifs is 1. The Balaban J connectivity index is 1.41. The SMILES string of the molecule is C[C@@H]1CN(CC(=O)N2c3cc(Cc4ccc(F)cc4)c(C=O)nc3OC[C@@H]2C)[C@@H](CN2[C@H](C)COC[C@H]2C)CN1C(=O)O. The number of anilines is 1. The van der Waals surface area contributed by atoms with Crippen LogP contribution in [0.5, 0.6) is 5.88 Å². The van der Waals surface area contributed by atoms with E-state index in [0.717, 1.165) is 5.56 Å². The highest BCUT2D eigenvalue weighted by Crippen LogP contribution is 2.35. The van der Waals surface area contributed by atoms with Crippen molar-refractivity contribution >= 4 is 24.0 Å². The number of morpholine rings is 1. The molecule has 0 saturated carbocycles. The first-order valence-electron chi connectivity index (χ1n) is 14.8. The number of carboxylic acid groups (broad SMARTS) is 1.